The number of primary amides is 1. The molecule has 1 atom stereocenters. The fraction of sp³-hybridized carbons (Fsp3) is 0.429. The summed E-state index contributed by atoms with van der Waals surface area (Å²) >= 11 is 0. The van der Waals surface area contributed by atoms with E-state index in [0.29, 0.717) is 17.7 Å². The van der Waals surface area contributed by atoms with Crippen molar-refractivity contribution in [2.24, 2.45) is 11.5 Å². The molecule has 5 nitrogen and oxygen atoms in total. The van der Waals surface area contributed by atoms with Crippen molar-refractivity contribution >= 4 is 17.5 Å². The first-order valence-electron chi connectivity index (χ1n) is 6.36. The van der Waals surface area contributed by atoms with Gasteiger partial charge in [-0.05, 0) is 50.5 Å². The second-order valence-corrected chi connectivity index (χ2v) is 4.81. The van der Waals surface area contributed by atoms with Gasteiger partial charge in [-0.1, -0.05) is 0 Å². The molecule has 0 spiro atoms. The first-order valence-corrected chi connectivity index (χ1v) is 6.36. The smallest absolute Gasteiger partial charge is 0.248 e. The Morgan fingerprint density at radius 3 is 2.58 bits per heavy atom. The van der Waals surface area contributed by atoms with E-state index in [9.17, 15) is 9.59 Å². The zero-order valence-electron chi connectivity index (χ0n) is 11.4. The lowest BCUT2D eigenvalue weighted by molar-refractivity contribution is -0.116. The van der Waals surface area contributed by atoms with Gasteiger partial charge in [0.25, 0.3) is 0 Å². The fourth-order valence-corrected chi connectivity index (χ4v) is 1.75. The van der Waals surface area contributed by atoms with Gasteiger partial charge in [0.15, 0.2) is 0 Å². The SMILES string of the molecule is Cc1cc(C(N)=O)ccc1NC(=O)CCCC(C)N. The molecule has 0 saturated carbocycles. The van der Waals surface area contributed by atoms with Crippen LogP contribution in [-0.4, -0.2) is 17.9 Å². The predicted molar refractivity (Wildman–Crippen MR) is 75.8 cm³/mol. The Kier molecular flexibility index (Phi) is 5.51. The second-order valence-electron chi connectivity index (χ2n) is 4.81. The highest BCUT2D eigenvalue weighted by Crippen LogP contribution is 2.17. The summed E-state index contributed by atoms with van der Waals surface area (Å²) in [5.41, 5.74) is 12.8. The number of amides is 2. The molecule has 0 fully saturated rings. The number of aryl methyl sites for hydroxylation is 1. The topological polar surface area (TPSA) is 98.2 Å². The van der Waals surface area contributed by atoms with E-state index in [2.05, 4.69) is 5.32 Å². The molecule has 0 aliphatic heterocycles. The molecular weight excluding hydrogens is 242 g/mol. The van der Waals surface area contributed by atoms with Gasteiger partial charge in [0.05, 0.1) is 0 Å². The number of carbonyl (C=O) groups excluding carboxylic acids is 2. The van der Waals surface area contributed by atoms with Crippen LogP contribution in [0.1, 0.15) is 42.1 Å². The highest BCUT2D eigenvalue weighted by atomic mass is 16.1. The molecule has 0 saturated heterocycles. The largest absolute Gasteiger partial charge is 0.366 e. The molecule has 0 aliphatic rings. The second kappa shape index (κ2) is 6.89. The number of anilines is 1. The lowest BCUT2D eigenvalue weighted by Gasteiger charge is -2.10. The van der Waals surface area contributed by atoms with Gasteiger partial charge in [-0.2, -0.15) is 0 Å². The Bertz CT molecular complexity index is 470. The molecule has 0 radical (unpaired) electrons. The summed E-state index contributed by atoms with van der Waals surface area (Å²) in [5.74, 6) is -0.520. The Morgan fingerprint density at radius 2 is 2.05 bits per heavy atom. The van der Waals surface area contributed by atoms with E-state index < -0.39 is 5.91 Å². The highest BCUT2D eigenvalue weighted by molar-refractivity contribution is 5.95. The third-order valence-corrected chi connectivity index (χ3v) is 2.85. The minimum atomic E-state index is -0.474. The van der Waals surface area contributed by atoms with Gasteiger partial charge in [0.1, 0.15) is 0 Å². The number of hydrogen-bond donors (Lipinski definition) is 3. The van der Waals surface area contributed by atoms with Crippen molar-refractivity contribution in [3.8, 4) is 0 Å². The molecule has 0 heterocycles. The van der Waals surface area contributed by atoms with Gasteiger partial charge in [0.2, 0.25) is 11.8 Å². The van der Waals surface area contributed by atoms with E-state index in [1.807, 2.05) is 13.8 Å². The molecule has 1 aromatic carbocycles. The van der Waals surface area contributed by atoms with E-state index in [-0.39, 0.29) is 11.9 Å². The maximum absolute atomic E-state index is 11.7. The third-order valence-electron chi connectivity index (χ3n) is 2.85. The van der Waals surface area contributed by atoms with Gasteiger partial charge in [-0.3, -0.25) is 9.59 Å². The summed E-state index contributed by atoms with van der Waals surface area (Å²) in [4.78, 5) is 22.7. The van der Waals surface area contributed by atoms with Crippen molar-refractivity contribution in [3.05, 3.63) is 29.3 Å². The zero-order chi connectivity index (χ0) is 14.4. The maximum atomic E-state index is 11.7. The highest BCUT2D eigenvalue weighted by Gasteiger charge is 2.07. The lowest BCUT2D eigenvalue weighted by Crippen LogP contribution is -2.17. The van der Waals surface area contributed by atoms with Gasteiger partial charge in [-0.15, -0.1) is 0 Å². The number of rotatable bonds is 6. The van der Waals surface area contributed by atoms with E-state index >= 15 is 0 Å². The summed E-state index contributed by atoms with van der Waals surface area (Å²) < 4.78 is 0. The number of carbonyl (C=O) groups is 2. The van der Waals surface area contributed by atoms with Crippen molar-refractivity contribution in [2.75, 3.05) is 5.32 Å². The van der Waals surface area contributed by atoms with E-state index in [4.69, 9.17) is 11.5 Å². The molecule has 1 rings (SSSR count). The molecule has 104 valence electrons. The average molecular weight is 263 g/mol. The van der Waals surface area contributed by atoms with Gasteiger partial charge >= 0.3 is 0 Å². The lowest BCUT2D eigenvalue weighted by atomic mass is 10.1. The quantitative estimate of drug-likeness (QED) is 0.726. The van der Waals surface area contributed by atoms with Crippen molar-refractivity contribution in [2.45, 2.75) is 39.2 Å². The molecule has 0 aliphatic carbocycles. The molecule has 5 N–H and O–H groups in total. The van der Waals surface area contributed by atoms with Crippen molar-refractivity contribution < 1.29 is 9.59 Å². The molecule has 1 unspecified atom stereocenters. The van der Waals surface area contributed by atoms with Gasteiger partial charge in [0, 0.05) is 23.7 Å². The molecule has 0 aromatic heterocycles. The van der Waals surface area contributed by atoms with Crippen LogP contribution in [0.5, 0.6) is 0 Å². The molecule has 0 bridgehead atoms. The van der Waals surface area contributed by atoms with Crippen molar-refractivity contribution in [3.63, 3.8) is 0 Å². The average Bonchev–Trinajstić information content (AvgIpc) is 2.31. The minimum absolute atomic E-state index is 0.0458. The number of nitrogens with two attached hydrogens (primary N) is 2. The number of nitrogens with one attached hydrogen (secondary N) is 1. The fourth-order valence-electron chi connectivity index (χ4n) is 1.75. The standard InChI is InChI=1S/C14H21N3O2/c1-9-8-11(14(16)19)6-7-12(9)17-13(18)5-3-4-10(2)15/h6-8,10H,3-5,15H2,1-2H3,(H2,16,19)(H,17,18). The predicted octanol–water partition coefficient (Wildman–Crippen LogP) is 1.55. The minimum Gasteiger partial charge on any atom is -0.366 e. The Labute approximate surface area is 113 Å². The van der Waals surface area contributed by atoms with E-state index in [1.54, 1.807) is 18.2 Å². The van der Waals surface area contributed by atoms with Crippen LogP contribution in [-0.2, 0) is 4.79 Å². The van der Waals surface area contributed by atoms with E-state index in [0.717, 1.165) is 18.4 Å². The summed E-state index contributed by atoms with van der Waals surface area (Å²) in [6, 6.07) is 5.08. The van der Waals surface area contributed by atoms with Crippen LogP contribution in [0.2, 0.25) is 0 Å². The molecule has 19 heavy (non-hydrogen) atoms. The van der Waals surface area contributed by atoms with Crippen LogP contribution in [0, 0.1) is 6.92 Å². The van der Waals surface area contributed by atoms with Gasteiger partial charge in [-0.25, -0.2) is 0 Å². The molecule has 5 heteroatoms. The Balaban J connectivity index is 2.57. The summed E-state index contributed by atoms with van der Waals surface area (Å²) in [6.07, 6.45) is 2.04. The third kappa shape index (κ3) is 5.09. The van der Waals surface area contributed by atoms with Crippen LogP contribution in [0.15, 0.2) is 18.2 Å². The van der Waals surface area contributed by atoms with Crippen LogP contribution in [0.3, 0.4) is 0 Å². The first kappa shape index (κ1) is 15.2. The Hall–Kier alpha value is -1.88. The molecular formula is C14H21N3O2. The van der Waals surface area contributed by atoms with Crippen LogP contribution < -0.4 is 16.8 Å². The molecule has 2 amide bonds. The normalized spacial score (nSPS) is 11.9. The van der Waals surface area contributed by atoms with E-state index in [1.165, 1.54) is 0 Å². The monoisotopic (exact) mass is 263 g/mol. The van der Waals surface area contributed by atoms with Gasteiger partial charge < -0.3 is 16.8 Å². The van der Waals surface area contributed by atoms with Crippen LogP contribution in [0.4, 0.5) is 5.69 Å². The van der Waals surface area contributed by atoms with Crippen molar-refractivity contribution in [1.29, 1.82) is 0 Å². The molecule has 1 aromatic rings. The summed E-state index contributed by atoms with van der Waals surface area (Å²) in [6.45, 7) is 3.74. The number of hydrogen-bond acceptors (Lipinski definition) is 3. The van der Waals surface area contributed by atoms with Crippen LogP contribution >= 0.6 is 0 Å². The Morgan fingerprint density at radius 1 is 1.37 bits per heavy atom. The summed E-state index contributed by atoms with van der Waals surface area (Å²) in [7, 11) is 0. The maximum Gasteiger partial charge on any atom is 0.248 e. The van der Waals surface area contributed by atoms with Crippen molar-refractivity contribution in [1.82, 2.24) is 0 Å². The summed E-state index contributed by atoms with van der Waals surface area (Å²) in [5, 5.41) is 2.82. The first-order chi connectivity index (χ1) is 8.90. The van der Waals surface area contributed by atoms with Crippen LogP contribution in [0.25, 0.3) is 0 Å². The number of benzene rings is 1. The zero-order valence-corrected chi connectivity index (χ0v) is 11.4.